The van der Waals surface area contributed by atoms with Crippen molar-refractivity contribution in [1.29, 1.82) is 0 Å². The van der Waals surface area contributed by atoms with Gasteiger partial charge in [-0.2, -0.15) is 0 Å². The van der Waals surface area contributed by atoms with Gasteiger partial charge in [0.1, 0.15) is 0 Å². The molecule has 0 fully saturated rings. The molecule has 0 aliphatic carbocycles. The Morgan fingerprint density at radius 1 is 0.513 bits per heavy atom. The average molecular weight is 499 g/mol. The smallest absolute Gasteiger partial charge is 0.164 e. The van der Waals surface area contributed by atoms with Crippen LogP contribution in [-0.4, -0.2) is 26.8 Å². The van der Waals surface area contributed by atoms with Crippen molar-refractivity contribution >= 4 is 34.5 Å². The van der Waals surface area contributed by atoms with Crippen LogP contribution in [0.3, 0.4) is 0 Å². The van der Waals surface area contributed by atoms with Crippen molar-refractivity contribution in [3.63, 3.8) is 0 Å². The zero-order valence-corrected chi connectivity index (χ0v) is 21.5. The van der Waals surface area contributed by atoms with E-state index in [1.807, 2.05) is 60.7 Å². The molecule has 7 aromatic rings. The van der Waals surface area contributed by atoms with Crippen LogP contribution in [0.15, 0.2) is 127 Å². The molecule has 2 heterocycles. The predicted molar refractivity (Wildman–Crippen MR) is 162 cm³/mol. The summed E-state index contributed by atoms with van der Waals surface area (Å²) in [4.78, 5) is 14.7. The zero-order chi connectivity index (χ0) is 26.2. The fourth-order valence-electron chi connectivity index (χ4n) is 5.27. The van der Waals surface area contributed by atoms with Crippen molar-refractivity contribution in [3.8, 4) is 39.9 Å². The Labute approximate surface area is 227 Å². The van der Waals surface area contributed by atoms with Gasteiger partial charge in [-0.1, -0.05) is 121 Å². The van der Waals surface area contributed by atoms with Crippen LogP contribution < -0.4 is 5.46 Å². The maximum Gasteiger partial charge on any atom is 0.164 e. The van der Waals surface area contributed by atoms with E-state index in [4.69, 9.17) is 15.0 Å². The third kappa shape index (κ3) is 4.09. The number of para-hydroxylation sites is 2. The Hall–Kier alpha value is -5.03. The molecule has 0 spiro atoms. The van der Waals surface area contributed by atoms with Gasteiger partial charge in [-0.15, -0.1) is 0 Å². The molecular weight excluding hydrogens is 475 g/mol. The fourth-order valence-corrected chi connectivity index (χ4v) is 5.27. The Morgan fingerprint density at radius 3 is 1.72 bits per heavy atom. The molecule has 0 bridgehead atoms. The molecule has 2 aromatic heterocycles. The first-order chi connectivity index (χ1) is 19.3. The van der Waals surface area contributed by atoms with Gasteiger partial charge in [-0.25, -0.2) is 15.0 Å². The molecule has 0 saturated carbocycles. The highest BCUT2D eigenvalue weighted by Gasteiger charge is 2.16. The largest absolute Gasteiger partial charge is 0.310 e. The van der Waals surface area contributed by atoms with Crippen LogP contribution in [0.4, 0.5) is 0 Å². The lowest BCUT2D eigenvalue weighted by Gasteiger charge is -2.13. The maximum atomic E-state index is 4.94. The second-order valence-corrected chi connectivity index (χ2v) is 9.47. The second-order valence-electron chi connectivity index (χ2n) is 9.47. The third-order valence-corrected chi connectivity index (χ3v) is 7.10. The molecule has 4 nitrogen and oxygen atoms in total. The number of nitrogens with zero attached hydrogens (tertiary/aromatic N) is 4. The zero-order valence-electron chi connectivity index (χ0n) is 21.5. The molecule has 7 rings (SSSR count). The normalized spacial score (nSPS) is 11.2. The number of benzene rings is 5. The third-order valence-electron chi connectivity index (χ3n) is 7.10. The SMILES string of the molecule is C[B]c1cccc2c3ccccc3n(-c3cccc(-c4nc(-c5ccccc5)nc(-c5ccccc5)n4)c3)c12. The molecule has 0 unspecified atom stereocenters. The van der Waals surface area contributed by atoms with Crippen molar-refractivity contribution in [3.05, 3.63) is 127 Å². The average Bonchev–Trinajstić information content (AvgIpc) is 3.36. The van der Waals surface area contributed by atoms with Gasteiger partial charge in [0.2, 0.25) is 0 Å². The van der Waals surface area contributed by atoms with E-state index in [9.17, 15) is 0 Å². The van der Waals surface area contributed by atoms with Gasteiger partial charge in [-0.05, 0) is 18.2 Å². The molecule has 0 aliphatic rings. The molecule has 39 heavy (non-hydrogen) atoms. The van der Waals surface area contributed by atoms with Crippen LogP contribution in [0.5, 0.6) is 0 Å². The van der Waals surface area contributed by atoms with Crippen molar-refractivity contribution in [2.75, 3.05) is 0 Å². The number of aromatic nitrogens is 4. The van der Waals surface area contributed by atoms with Gasteiger partial charge < -0.3 is 4.57 Å². The topological polar surface area (TPSA) is 43.6 Å². The van der Waals surface area contributed by atoms with Crippen LogP contribution in [0.2, 0.25) is 6.82 Å². The molecule has 0 atom stereocenters. The standard InChI is InChI=1S/C34H24BN4/c1-35-29-20-11-19-28-27-18-8-9-21-30(27)39(31(28)29)26-17-10-16-25(22-26)34-37-32(23-12-4-2-5-13-23)36-33(38-34)24-14-6-3-7-15-24/h2-22H,1H3. The molecule has 5 aromatic carbocycles. The number of fused-ring (bicyclic) bond motifs is 3. The number of hydrogen-bond donors (Lipinski definition) is 0. The first-order valence-corrected chi connectivity index (χ1v) is 13.1. The predicted octanol–water partition coefficient (Wildman–Crippen LogP) is 7.35. The minimum absolute atomic E-state index is 0.646. The fraction of sp³-hybridized carbons (Fsp3) is 0.0294. The van der Waals surface area contributed by atoms with E-state index in [-0.39, 0.29) is 0 Å². The van der Waals surface area contributed by atoms with Crippen LogP contribution in [0, 0.1) is 0 Å². The van der Waals surface area contributed by atoms with Crippen LogP contribution >= 0.6 is 0 Å². The van der Waals surface area contributed by atoms with Gasteiger partial charge in [0.15, 0.2) is 24.8 Å². The molecular formula is C34H24BN4. The first kappa shape index (κ1) is 23.1. The van der Waals surface area contributed by atoms with Gasteiger partial charge in [0.25, 0.3) is 0 Å². The van der Waals surface area contributed by atoms with E-state index < -0.39 is 0 Å². The lowest BCUT2D eigenvalue weighted by atomic mass is 9.72. The van der Waals surface area contributed by atoms with Crippen molar-refractivity contribution < 1.29 is 0 Å². The van der Waals surface area contributed by atoms with E-state index in [0.717, 1.165) is 22.4 Å². The quantitative estimate of drug-likeness (QED) is 0.233. The summed E-state index contributed by atoms with van der Waals surface area (Å²) >= 11 is 0. The summed E-state index contributed by atoms with van der Waals surface area (Å²) in [6.45, 7) is 2.09. The van der Waals surface area contributed by atoms with Gasteiger partial charge in [-0.3, -0.25) is 0 Å². The summed E-state index contributed by atoms with van der Waals surface area (Å²) in [6, 6.07) is 43.7. The highest BCUT2D eigenvalue weighted by molar-refractivity contribution is 6.56. The number of hydrogen-bond acceptors (Lipinski definition) is 3. The Kier molecular flexibility index (Phi) is 5.75. The molecule has 0 saturated heterocycles. The summed E-state index contributed by atoms with van der Waals surface area (Å²) in [5.41, 5.74) is 7.49. The van der Waals surface area contributed by atoms with Crippen molar-refractivity contribution in [2.45, 2.75) is 6.82 Å². The molecule has 0 aliphatic heterocycles. The van der Waals surface area contributed by atoms with E-state index in [0.29, 0.717) is 17.5 Å². The van der Waals surface area contributed by atoms with Crippen LogP contribution in [0.1, 0.15) is 0 Å². The van der Waals surface area contributed by atoms with E-state index in [1.54, 1.807) is 0 Å². The van der Waals surface area contributed by atoms with E-state index in [2.05, 4.69) is 85.4 Å². The summed E-state index contributed by atoms with van der Waals surface area (Å²) in [6.07, 6.45) is 0. The Balaban J connectivity index is 1.45. The van der Waals surface area contributed by atoms with E-state index >= 15 is 0 Å². The van der Waals surface area contributed by atoms with Crippen LogP contribution in [0.25, 0.3) is 61.7 Å². The minimum Gasteiger partial charge on any atom is -0.310 e. The molecule has 183 valence electrons. The lowest BCUT2D eigenvalue weighted by Crippen LogP contribution is -2.14. The molecule has 5 heteroatoms. The van der Waals surface area contributed by atoms with Crippen molar-refractivity contribution in [1.82, 2.24) is 19.5 Å². The molecule has 0 amide bonds. The summed E-state index contributed by atoms with van der Waals surface area (Å²) in [7, 11) is 2.17. The monoisotopic (exact) mass is 499 g/mol. The summed E-state index contributed by atoms with van der Waals surface area (Å²) in [5, 5.41) is 2.48. The van der Waals surface area contributed by atoms with Crippen molar-refractivity contribution in [2.24, 2.45) is 0 Å². The van der Waals surface area contributed by atoms with Gasteiger partial charge in [0, 0.05) is 38.7 Å². The van der Waals surface area contributed by atoms with Gasteiger partial charge in [0.05, 0.1) is 5.52 Å². The number of rotatable bonds is 5. The molecule has 0 N–H and O–H groups in total. The Morgan fingerprint density at radius 2 is 1.05 bits per heavy atom. The second kappa shape index (κ2) is 9.69. The van der Waals surface area contributed by atoms with Gasteiger partial charge >= 0.3 is 0 Å². The Bertz CT molecular complexity index is 1890. The highest BCUT2D eigenvalue weighted by Crippen LogP contribution is 2.32. The van der Waals surface area contributed by atoms with Crippen LogP contribution in [-0.2, 0) is 0 Å². The maximum absolute atomic E-state index is 4.94. The lowest BCUT2D eigenvalue weighted by molar-refractivity contribution is 1.07. The first-order valence-electron chi connectivity index (χ1n) is 13.1. The minimum atomic E-state index is 0.646. The highest BCUT2D eigenvalue weighted by atomic mass is 15.0. The van der Waals surface area contributed by atoms with E-state index in [1.165, 1.54) is 27.3 Å². The summed E-state index contributed by atoms with van der Waals surface area (Å²) < 4.78 is 2.35. The summed E-state index contributed by atoms with van der Waals surface area (Å²) in [5.74, 6) is 1.96. The molecule has 1 radical (unpaired) electrons.